The van der Waals surface area contributed by atoms with Gasteiger partial charge in [-0.15, -0.1) is 0 Å². The highest BCUT2D eigenvalue weighted by Gasteiger charge is 2.25. The highest BCUT2D eigenvalue weighted by atomic mass is 35.5. The van der Waals surface area contributed by atoms with E-state index in [0.29, 0.717) is 17.3 Å². The average Bonchev–Trinajstić information content (AvgIpc) is 2.90. The molecule has 0 aliphatic carbocycles. The lowest BCUT2D eigenvalue weighted by molar-refractivity contribution is 0.0471. The lowest BCUT2D eigenvalue weighted by Crippen LogP contribution is -2.14. The number of anilines is 1. The zero-order valence-electron chi connectivity index (χ0n) is 11.2. The first kappa shape index (κ1) is 13.8. The minimum Gasteiger partial charge on any atom is -0.493 e. The van der Waals surface area contributed by atoms with Gasteiger partial charge in [0.05, 0.1) is 23.1 Å². The molecule has 1 atom stereocenters. The normalized spacial score (nSPS) is 16.1. The van der Waals surface area contributed by atoms with Crippen molar-refractivity contribution in [2.24, 2.45) is 0 Å². The fourth-order valence-corrected chi connectivity index (χ4v) is 2.52. The van der Waals surface area contributed by atoms with E-state index in [2.05, 4.69) is 0 Å². The van der Waals surface area contributed by atoms with Crippen LogP contribution in [0.1, 0.15) is 21.8 Å². The average molecular weight is 304 g/mol. The second-order valence-electron chi connectivity index (χ2n) is 4.88. The number of carbonyl (C=O) groups excluding carboxylic acids is 1. The molecular weight excluding hydrogens is 290 g/mol. The largest absolute Gasteiger partial charge is 0.493 e. The third-order valence-corrected chi connectivity index (χ3v) is 3.75. The van der Waals surface area contributed by atoms with E-state index in [0.717, 1.165) is 11.3 Å². The van der Waals surface area contributed by atoms with E-state index in [1.807, 2.05) is 24.3 Å². The third-order valence-electron chi connectivity index (χ3n) is 3.42. The lowest BCUT2D eigenvalue weighted by Gasteiger charge is -2.11. The van der Waals surface area contributed by atoms with Crippen LogP contribution in [0, 0.1) is 0 Å². The van der Waals surface area contributed by atoms with Crippen LogP contribution in [0.15, 0.2) is 42.5 Å². The molecule has 1 unspecified atom stereocenters. The first-order valence-electron chi connectivity index (χ1n) is 6.59. The van der Waals surface area contributed by atoms with Crippen molar-refractivity contribution in [3.8, 4) is 5.75 Å². The predicted octanol–water partition coefficient (Wildman–Crippen LogP) is 3.26. The molecule has 0 saturated heterocycles. The summed E-state index contributed by atoms with van der Waals surface area (Å²) in [5, 5.41) is 0.331. The van der Waals surface area contributed by atoms with Gasteiger partial charge in [0, 0.05) is 11.3 Å². The van der Waals surface area contributed by atoms with Crippen LogP contribution in [0.3, 0.4) is 0 Å². The summed E-state index contributed by atoms with van der Waals surface area (Å²) in [5.74, 6) is 0.419. The van der Waals surface area contributed by atoms with Gasteiger partial charge in [0.2, 0.25) is 0 Å². The second kappa shape index (κ2) is 5.66. The Hall–Kier alpha value is -2.20. The molecule has 4 nitrogen and oxygen atoms in total. The van der Waals surface area contributed by atoms with Gasteiger partial charge in [-0.3, -0.25) is 0 Å². The summed E-state index contributed by atoms with van der Waals surface area (Å²) in [4.78, 5) is 12.1. The molecule has 0 radical (unpaired) electrons. The zero-order valence-corrected chi connectivity index (χ0v) is 12.0. The lowest BCUT2D eigenvalue weighted by atomic mass is 10.0. The molecule has 5 heteroatoms. The maximum Gasteiger partial charge on any atom is 0.339 e. The van der Waals surface area contributed by atoms with Crippen LogP contribution in [0.4, 0.5) is 5.69 Å². The Labute approximate surface area is 127 Å². The molecule has 0 fully saturated rings. The van der Waals surface area contributed by atoms with Crippen LogP contribution < -0.4 is 10.5 Å². The van der Waals surface area contributed by atoms with Crippen LogP contribution in [-0.4, -0.2) is 19.2 Å². The monoisotopic (exact) mass is 303 g/mol. The van der Waals surface area contributed by atoms with Gasteiger partial charge < -0.3 is 15.2 Å². The molecule has 1 aliphatic heterocycles. The molecule has 2 aromatic carbocycles. The van der Waals surface area contributed by atoms with E-state index >= 15 is 0 Å². The molecule has 108 valence electrons. The first-order chi connectivity index (χ1) is 10.1. The standard InChI is InChI=1S/C16H14ClNO3/c17-14-6-5-11(18)7-13(14)16(19)21-9-10-8-20-15-4-2-1-3-12(10)15/h1-7,10H,8-9,18H2. The summed E-state index contributed by atoms with van der Waals surface area (Å²) >= 11 is 5.99. The summed E-state index contributed by atoms with van der Waals surface area (Å²) in [6.45, 7) is 0.762. The molecular formula is C16H14ClNO3. The van der Waals surface area contributed by atoms with Crippen molar-refractivity contribution < 1.29 is 14.3 Å². The van der Waals surface area contributed by atoms with Crippen molar-refractivity contribution in [2.45, 2.75) is 5.92 Å². The van der Waals surface area contributed by atoms with Crippen LogP contribution in [0.2, 0.25) is 5.02 Å². The van der Waals surface area contributed by atoms with Gasteiger partial charge in [-0.25, -0.2) is 4.79 Å². The van der Waals surface area contributed by atoms with E-state index in [9.17, 15) is 4.79 Å². The van der Waals surface area contributed by atoms with Gasteiger partial charge >= 0.3 is 5.97 Å². The van der Waals surface area contributed by atoms with Gasteiger partial charge in [0.15, 0.2) is 0 Å². The summed E-state index contributed by atoms with van der Waals surface area (Å²) in [6.07, 6.45) is 0. The smallest absolute Gasteiger partial charge is 0.339 e. The number of para-hydroxylation sites is 1. The number of hydrogen-bond donors (Lipinski definition) is 1. The van der Waals surface area contributed by atoms with Crippen molar-refractivity contribution in [1.29, 1.82) is 0 Å². The fourth-order valence-electron chi connectivity index (χ4n) is 2.32. The number of rotatable bonds is 3. The Morgan fingerprint density at radius 3 is 3.00 bits per heavy atom. The quantitative estimate of drug-likeness (QED) is 0.698. The number of ether oxygens (including phenoxy) is 2. The molecule has 2 N–H and O–H groups in total. The Morgan fingerprint density at radius 2 is 2.14 bits per heavy atom. The SMILES string of the molecule is Nc1ccc(Cl)c(C(=O)OCC2COc3ccccc32)c1. The number of nitrogen functional groups attached to an aromatic ring is 1. The maximum atomic E-state index is 12.1. The Morgan fingerprint density at radius 1 is 1.33 bits per heavy atom. The summed E-state index contributed by atoms with van der Waals surface area (Å²) in [7, 11) is 0. The molecule has 3 rings (SSSR count). The van der Waals surface area contributed by atoms with Gasteiger partial charge in [0.25, 0.3) is 0 Å². The summed E-state index contributed by atoms with van der Waals surface area (Å²) < 4.78 is 10.9. The fraction of sp³-hybridized carbons (Fsp3) is 0.188. The Bertz CT molecular complexity index is 687. The topological polar surface area (TPSA) is 61.6 Å². The number of benzene rings is 2. The molecule has 2 aromatic rings. The van der Waals surface area contributed by atoms with E-state index < -0.39 is 5.97 Å². The Kier molecular flexibility index (Phi) is 3.71. The number of esters is 1. The molecule has 0 spiro atoms. The molecule has 0 aromatic heterocycles. The Balaban J connectivity index is 1.69. The summed E-state index contributed by atoms with van der Waals surface area (Å²) in [6, 6.07) is 12.5. The summed E-state index contributed by atoms with van der Waals surface area (Å²) in [5.41, 5.74) is 7.47. The molecule has 0 saturated carbocycles. The molecule has 0 amide bonds. The van der Waals surface area contributed by atoms with E-state index in [4.69, 9.17) is 26.8 Å². The maximum absolute atomic E-state index is 12.1. The third kappa shape index (κ3) is 2.81. The van der Waals surface area contributed by atoms with E-state index in [-0.39, 0.29) is 18.1 Å². The van der Waals surface area contributed by atoms with Crippen LogP contribution in [-0.2, 0) is 4.74 Å². The van der Waals surface area contributed by atoms with Crippen molar-refractivity contribution in [3.05, 3.63) is 58.6 Å². The van der Waals surface area contributed by atoms with Gasteiger partial charge in [0.1, 0.15) is 12.4 Å². The minimum absolute atomic E-state index is 0.0463. The number of nitrogens with two attached hydrogens (primary N) is 1. The highest BCUT2D eigenvalue weighted by Crippen LogP contribution is 2.33. The van der Waals surface area contributed by atoms with Crippen LogP contribution in [0.25, 0.3) is 0 Å². The molecule has 0 bridgehead atoms. The number of halogens is 1. The number of carbonyl (C=O) groups is 1. The molecule has 1 heterocycles. The van der Waals surface area contributed by atoms with Gasteiger partial charge in [-0.05, 0) is 24.3 Å². The van der Waals surface area contributed by atoms with Crippen molar-refractivity contribution >= 4 is 23.3 Å². The van der Waals surface area contributed by atoms with Crippen molar-refractivity contribution in [3.63, 3.8) is 0 Å². The molecule has 21 heavy (non-hydrogen) atoms. The zero-order chi connectivity index (χ0) is 14.8. The minimum atomic E-state index is -0.475. The highest BCUT2D eigenvalue weighted by molar-refractivity contribution is 6.33. The first-order valence-corrected chi connectivity index (χ1v) is 6.97. The van der Waals surface area contributed by atoms with Crippen LogP contribution >= 0.6 is 11.6 Å². The van der Waals surface area contributed by atoms with Gasteiger partial charge in [-0.2, -0.15) is 0 Å². The second-order valence-corrected chi connectivity index (χ2v) is 5.29. The number of hydrogen-bond acceptors (Lipinski definition) is 4. The van der Waals surface area contributed by atoms with E-state index in [1.54, 1.807) is 12.1 Å². The van der Waals surface area contributed by atoms with E-state index in [1.165, 1.54) is 6.07 Å². The molecule has 1 aliphatic rings. The van der Waals surface area contributed by atoms with Crippen molar-refractivity contribution in [1.82, 2.24) is 0 Å². The predicted molar refractivity (Wildman–Crippen MR) is 80.8 cm³/mol. The van der Waals surface area contributed by atoms with Crippen LogP contribution in [0.5, 0.6) is 5.75 Å². The number of fused-ring (bicyclic) bond motifs is 1. The van der Waals surface area contributed by atoms with Crippen molar-refractivity contribution in [2.75, 3.05) is 18.9 Å². The van der Waals surface area contributed by atoms with Gasteiger partial charge in [-0.1, -0.05) is 29.8 Å².